The quantitative estimate of drug-likeness (QED) is 0.917. The van der Waals surface area contributed by atoms with Gasteiger partial charge in [0.2, 0.25) is 5.91 Å². The van der Waals surface area contributed by atoms with Gasteiger partial charge in [-0.1, -0.05) is 13.8 Å². The van der Waals surface area contributed by atoms with Gasteiger partial charge in [0.05, 0.1) is 0 Å². The lowest BCUT2D eigenvalue weighted by Crippen LogP contribution is -2.33. The molecule has 108 valence electrons. The van der Waals surface area contributed by atoms with E-state index in [-0.39, 0.29) is 17.9 Å². The number of amides is 2. The van der Waals surface area contributed by atoms with Crippen molar-refractivity contribution < 1.29 is 9.59 Å². The highest BCUT2D eigenvalue weighted by atomic mass is 16.2. The third kappa shape index (κ3) is 2.84. The van der Waals surface area contributed by atoms with Crippen LogP contribution in [-0.2, 0) is 11.2 Å². The van der Waals surface area contributed by atoms with Crippen molar-refractivity contribution in [3.63, 3.8) is 0 Å². The lowest BCUT2D eigenvalue weighted by Gasteiger charge is -2.16. The van der Waals surface area contributed by atoms with Crippen molar-refractivity contribution in [1.29, 1.82) is 0 Å². The number of carbonyl (C=O) groups excluding carboxylic acids is 2. The molecule has 0 aromatic heterocycles. The third-order valence-electron chi connectivity index (χ3n) is 3.94. The van der Waals surface area contributed by atoms with Crippen LogP contribution in [0.25, 0.3) is 0 Å². The number of nitrogens with one attached hydrogen (secondary N) is 1. The molecule has 0 bridgehead atoms. The van der Waals surface area contributed by atoms with Gasteiger partial charge in [-0.3, -0.25) is 9.59 Å². The zero-order valence-corrected chi connectivity index (χ0v) is 12.4. The highest BCUT2D eigenvalue weighted by molar-refractivity contribution is 5.97. The Balaban J connectivity index is 2.16. The Kier molecular flexibility index (Phi) is 4.42. The fourth-order valence-corrected chi connectivity index (χ4v) is 2.63. The molecule has 0 radical (unpaired) electrons. The van der Waals surface area contributed by atoms with Gasteiger partial charge in [-0.15, -0.1) is 0 Å². The summed E-state index contributed by atoms with van der Waals surface area (Å²) >= 11 is 0. The zero-order chi connectivity index (χ0) is 14.7. The summed E-state index contributed by atoms with van der Waals surface area (Å²) in [4.78, 5) is 25.5. The van der Waals surface area contributed by atoms with E-state index in [1.165, 1.54) is 0 Å². The second kappa shape index (κ2) is 6.07. The van der Waals surface area contributed by atoms with Crippen LogP contribution in [0.1, 0.15) is 49.5 Å². The van der Waals surface area contributed by atoms with Crippen LogP contribution < -0.4 is 10.2 Å². The maximum absolute atomic E-state index is 12.2. The average Bonchev–Trinajstić information content (AvgIpc) is 2.87. The molecule has 20 heavy (non-hydrogen) atoms. The van der Waals surface area contributed by atoms with E-state index in [1.807, 2.05) is 12.1 Å². The first-order valence-electron chi connectivity index (χ1n) is 7.28. The summed E-state index contributed by atoms with van der Waals surface area (Å²) in [6.45, 7) is 6.43. The van der Waals surface area contributed by atoms with Gasteiger partial charge in [0.15, 0.2) is 0 Å². The van der Waals surface area contributed by atoms with Gasteiger partial charge in [0.1, 0.15) is 0 Å². The van der Waals surface area contributed by atoms with Crippen LogP contribution in [0.5, 0.6) is 0 Å². The van der Waals surface area contributed by atoms with Crippen molar-refractivity contribution >= 4 is 17.5 Å². The first-order chi connectivity index (χ1) is 9.56. The molecule has 1 aromatic rings. The molecule has 0 unspecified atom stereocenters. The third-order valence-corrected chi connectivity index (χ3v) is 3.94. The van der Waals surface area contributed by atoms with E-state index in [1.54, 1.807) is 17.9 Å². The molecule has 1 N–H and O–H groups in total. The number of nitrogens with zero attached hydrogens (tertiary/aromatic N) is 1. The van der Waals surface area contributed by atoms with Crippen LogP contribution in [0.15, 0.2) is 18.2 Å². The number of anilines is 1. The fraction of sp³-hybridized carbons (Fsp3) is 0.500. The van der Waals surface area contributed by atoms with Crippen LogP contribution in [0.3, 0.4) is 0 Å². The Hall–Kier alpha value is -1.84. The van der Waals surface area contributed by atoms with Crippen molar-refractivity contribution in [3.8, 4) is 0 Å². The normalized spacial score (nSPS) is 13.5. The molecule has 2 rings (SSSR count). The smallest absolute Gasteiger partial charge is 0.251 e. The average molecular weight is 274 g/mol. The van der Waals surface area contributed by atoms with Crippen molar-refractivity contribution in [1.82, 2.24) is 5.32 Å². The fourth-order valence-electron chi connectivity index (χ4n) is 2.63. The predicted molar refractivity (Wildman–Crippen MR) is 80.0 cm³/mol. The van der Waals surface area contributed by atoms with Gasteiger partial charge in [0.25, 0.3) is 5.91 Å². The Bertz CT molecular complexity index is 521. The SMILES string of the molecule is CCC(CC)NC(=O)c1ccc2c(c1)CCN2C(C)=O. The molecule has 4 nitrogen and oxygen atoms in total. The lowest BCUT2D eigenvalue weighted by atomic mass is 10.1. The Morgan fingerprint density at radius 2 is 2.00 bits per heavy atom. The Labute approximate surface area is 120 Å². The second-order valence-electron chi connectivity index (χ2n) is 5.25. The molecular formula is C16H22N2O2. The molecule has 0 aliphatic carbocycles. The lowest BCUT2D eigenvalue weighted by molar-refractivity contribution is -0.116. The molecule has 1 aromatic carbocycles. The molecule has 0 atom stereocenters. The minimum absolute atomic E-state index is 0.0252. The molecule has 2 amide bonds. The predicted octanol–water partition coefficient (Wildman–Crippen LogP) is 2.51. The topological polar surface area (TPSA) is 49.4 Å². The van der Waals surface area contributed by atoms with Gasteiger partial charge in [0, 0.05) is 30.8 Å². The highest BCUT2D eigenvalue weighted by Crippen LogP contribution is 2.28. The van der Waals surface area contributed by atoms with E-state index < -0.39 is 0 Å². The summed E-state index contributed by atoms with van der Waals surface area (Å²) in [6.07, 6.45) is 2.69. The van der Waals surface area contributed by atoms with E-state index >= 15 is 0 Å². The summed E-state index contributed by atoms with van der Waals surface area (Å²) in [6, 6.07) is 5.82. The van der Waals surface area contributed by atoms with Crippen LogP contribution in [0, 0.1) is 0 Å². The minimum Gasteiger partial charge on any atom is -0.349 e. The van der Waals surface area contributed by atoms with Gasteiger partial charge in [-0.2, -0.15) is 0 Å². The largest absolute Gasteiger partial charge is 0.349 e. The van der Waals surface area contributed by atoms with E-state index in [2.05, 4.69) is 19.2 Å². The summed E-state index contributed by atoms with van der Waals surface area (Å²) in [7, 11) is 0. The van der Waals surface area contributed by atoms with Crippen LogP contribution in [0.2, 0.25) is 0 Å². The van der Waals surface area contributed by atoms with Crippen molar-refractivity contribution in [2.75, 3.05) is 11.4 Å². The number of benzene rings is 1. The molecule has 0 saturated carbocycles. The van der Waals surface area contributed by atoms with Gasteiger partial charge >= 0.3 is 0 Å². The minimum atomic E-state index is -0.0252. The number of hydrogen-bond acceptors (Lipinski definition) is 2. The summed E-state index contributed by atoms with van der Waals surface area (Å²) in [5.74, 6) is 0.0285. The standard InChI is InChI=1S/C16H22N2O2/c1-4-14(5-2)17-16(20)13-6-7-15-12(10-13)8-9-18(15)11(3)19/h6-7,10,14H,4-5,8-9H2,1-3H3,(H,17,20). The zero-order valence-electron chi connectivity index (χ0n) is 12.4. The van der Waals surface area contributed by atoms with Gasteiger partial charge in [-0.25, -0.2) is 0 Å². The molecular weight excluding hydrogens is 252 g/mol. The molecule has 1 heterocycles. The van der Waals surface area contributed by atoms with Crippen LogP contribution >= 0.6 is 0 Å². The number of fused-ring (bicyclic) bond motifs is 1. The monoisotopic (exact) mass is 274 g/mol. The van der Waals surface area contributed by atoms with Crippen molar-refractivity contribution in [3.05, 3.63) is 29.3 Å². The van der Waals surface area contributed by atoms with Crippen LogP contribution in [0.4, 0.5) is 5.69 Å². The number of rotatable bonds is 4. The van der Waals surface area contributed by atoms with Gasteiger partial charge < -0.3 is 10.2 Å². The molecule has 4 heteroatoms. The summed E-state index contributed by atoms with van der Waals surface area (Å²) in [5, 5.41) is 3.04. The van der Waals surface area contributed by atoms with Crippen molar-refractivity contribution in [2.45, 2.75) is 46.1 Å². The molecule has 1 aliphatic heterocycles. The maximum atomic E-state index is 12.2. The Morgan fingerprint density at radius 1 is 1.30 bits per heavy atom. The summed E-state index contributed by atoms with van der Waals surface area (Å²) < 4.78 is 0. The second-order valence-corrected chi connectivity index (χ2v) is 5.25. The highest BCUT2D eigenvalue weighted by Gasteiger charge is 2.23. The summed E-state index contributed by atoms with van der Waals surface area (Å²) in [5.41, 5.74) is 2.70. The molecule has 0 spiro atoms. The van der Waals surface area contributed by atoms with Gasteiger partial charge in [-0.05, 0) is 43.0 Å². The van der Waals surface area contributed by atoms with E-state index in [9.17, 15) is 9.59 Å². The van der Waals surface area contributed by atoms with E-state index in [4.69, 9.17) is 0 Å². The maximum Gasteiger partial charge on any atom is 0.251 e. The Morgan fingerprint density at radius 3 is 2.60 bits per heavy atom. The molecule has 1 aliphatic rings. The molecule has 0 saturated heterocycles. The van der Waals surface area contributed by atoms with E-state index in [0.29, 0.717) is 12.1 Å². The first kappa shape index (κ1) is 14.6. The van der Waals surface area contributed by atoms with Crippen molar-refractivity contribution in [2.24, 2.45) is 0 Å². The van der Waals surface area contributed by atoms with Crippen LogP contribution in [-0.4, -0.2) is 24.4 Å². The first-order valence-corrected chi connectivity index (χ1v) is 7.28. The number of carbonyl (C=O) groups is 2. The molecule has 0 fully saturated rings. The number of hydrogen-bond donors (Lipinski definition) is 1. The van der Waals surface area contributed by atoms with E-state index in [0.717, 1.165) is 30.5 Å².